The Morgan fingerprint density at radius 2 is 1.91 bits per heavy atom. The smallest absolute Gasteiger partial charge is 0.307 e. The third kappa shape index (κ3) is 3.36. The van der Waals surface area contributed by atoms with Crippen molar-refractivity contribution in [3.8, 4) is 0 Å². The Labute approximate surface area is 145 Å². The molecular formula is C17H12INO2S. The third-order valence-electron chi connectivity index (χ3n) is 3.15. The molecule has 0 saturated heterocycles. The van der Waals surface area contributed by atoms with E-state index in [0.29, 0.717) is 0 Å². The summed E-state index contributed by atoms with van der Waals surface area (Å²) < 4.78 is 2.15. The molecule has 0 aliphatic rings. The molecule has 0 aliphatic heterocycles. The standard InChI is InChI=1S/C17H12INO2S/c18-13-6-2-1-5-11(13)9-12(10-16(20)21)17-19-14-7-3-4-8-15(14)22-17/h1-9H,10H2,(H,20,21)/b12-9-. The van der Waals surface area contributed by atoms with Gasteiger partial charge >= 0.3 is 5.97 Å². The number of fused-ring (bicyclic) bond motifs is 1. The molecule has 3 rings (SSSR count). The summed E-state index contributed by atoms with van der Waals surface area (Å²) in [6, 6.07) is 15.7. The largest absolute Gasteiger partial charge is 0.481 e. The Morgan fingerprint density at radius 1 is 1.18 bits per heavy atom. The van der Waals surface area contributed by atoms with Crippen LogP contribution in [0.2, 0.25) is 0 Å². The van der Waals surface area contributed by atoms with Gasteiger partial charge in [0.1, 0.15) is 5.01 Å². The van der Waals surface area contributed by atoms with Crippen LogP contribution < -0.4 is 0 Å². The van der Waals surface area contributed by atoms with Crippen molar-refractivity contribution in [3.63, 3.8) is 0 Å². The molecule has 0 atom stereocenters. The minimum absolute atomic E-state index is 0.0369. The number of carboxylic acid groups (broad SMARTS) is 1. The van der Waals surface area contributed by atoms with Gasteiger partial charge in [0.15, 0.2) is 0 Å². The molecule has 22 heavy (non-hydrogen) atoms. The summed E-state index contributed by atoms with van der Waals surface area (Å²) in [6.45, 7) is 0. The summed E-state index contributed by atoms with van der Waals surface area (Å²) in [6.07, 6.45) is 1.89. The second kappa shape index (κ2) is 6.58. The predicted molar refractivity (Wildman–Crippen MR) is 98.9 cm³/mol. The molecule has 0 amide bonds. The minimum atomic E-state index is -0.851. The molecule has 0 fully saturated rings. The van der Waals surface area contributed by atoms with E-state index in [1.165, 1.54) is 11.3 Å². The van der Waals surface area contributed by atoms with Gasteiger partial charge in [0.05, 0.1) is 16.6 Å². The number of carbonyl (C=O) groups is 1. The van der Waals surface area contributed by atoms with Crippen LogP contribution in [0.25, 0.3) is 21.9 Å². The van der Waals surface area contributed by atoms with Crippen molar-refractivity contribution < 1.29 is 9.90 Å². The normalized spacial score (nSPS) is 11.8. The van der Waals surface area contributed by atoms with E-state index < -0.39 is 5.97 Å². The lowest BCUT2D eigenvalue weighted by Crippen LogP contribution is -1.97. The van der Waals surface area contributed by atoms with Gasteiger partial charge in [-0.1, -0.05) is 30.3 Å². The van der Waals surface area contributed by atoms with Gasteiger partial charge in [-0.25, -0.2) is 4.98 Å². The number of aliphatic carboxylic acids is 1. The predicted octanol–water partition coefficient (Wildman–Crippen LogP) is 4.92. The first-order valence-electron chi connectivity index (χ1n) is 6.66. The van der Waals surface area contributed by atoms with Crippen LogP contribution in [0, 0.1) is 3.57 Å². The van der Waals surface area contributed by atoms with Crippen LogP contribution in [-0.2, 0) is 4.79 Å². The molecule has 3 aromatic rings. The highest BCUT2D eigenvalue weighted by atomic mass is 127. The fourth-order valence-electron chi connectivity index (χ4n) is 2.14. The van der Waals surface area contributed by atoms with Gasteiger partial charge in [0.25, 0.3) is 0 Å². The Hall–Kier alpha value is -1.73. The molecule has 110 valence electrons. The van der Waals surface area contributed by atoms with Crippen LogP contribution >= 0.6 is 33.9 Å². The molecule has 0 radical (unpaired) electrons. The van der Waals surface area contributed by atoms with E-state index in [-0.39, 0.29) is 6.42 Å². The third-order valence-corrected chi connectivity index (χ3v) is 5.24. The van der Waals surface area contributed by atoms with Gasteiger partial charge in [-0.15, -0.1) is 11.3 Å². The van der Waals surface area contributed by atoms with E-state index in [1.807, 2.05) is 54.6 Å². The van der Waals surface area contributed by atoms with E-state index in [1.54, 1.807) is 0 Å². The highest BCUT2D eigenvalue weighted by Gasteiger charge is 2.13. The zero-order chi connectivity index (χ0) is 15.5. The first kappa shape index (κ1) is 15.2. The SMILES string of the molecule is O=C(O)C/C(=C/c1ccccc1I)c1nc2ccccc2s1. The number of hydrogen-bond acceptors (Lipinski definition) is 3. The molecule has 1 N–H and O–H groups in total. The van der Waals surface area contributed by atoms with E-state index in [0.717, 1.165) is 29.9 Å². The van der Waals surface area contributed by atoms with Crippen LogP contribution in [0.5, 0.6) is 0 Å². The zero-order valence-electron chi connectivity index (χ0n) is 11.5. The molecular weight excluding hydrogens is 409 g/mol. The van der Waals surface area contributed by atoms with Crippen molar-refractivity contribution in [2.75, 3.05) is 0 Å². The molecule has 2 aromatic carbocycles. The fraction of sp³-hybridized carbons (Fsp3) is 0.0588. The molecule has 3 nitrogen and oxygen atoms in total. The van der Waals surface area contributed by atoms with Crippen molar-refractivity contribution in [1.82, 2.24) is 4.98 Å². The van der Waals surface area contributed by atoms with Gasteiger partial charge in [-0.3, -0.25) is 4.79 Å². The number of benzene rings is 2. The average molecular weight is 421 g/mol. The number of aromatic nitrogens is 1. The van der Waals surface area contributed by atoms with Crippen molar-refractivity contribution in [1.29, 1.82) is 0 Å². The summed E-state index contributed by atoms with van der Waals surface area (Å²) in [5, 5.41) is 9.97. The Bertz CT molecular complexity index is 837. The lowest BCUT2D eigenvalue weighted by molar-refractivity contribution is -0.135. The van der Waals surface area contributed by atoms with Crippen LogP contribution in [0.4, 0.5) is 0 Å². The van der Waals surface area contributed by atoms with Gasteiger partial charge < -0.3 is 5.11 Å². The molecule has 1 aromatic heterocycles. The quantitative estimate of drug-likeness (QED) is 0.609. The van der Waals surface area contributed by atoms with Crippen LogP contribution in [-0.4, -0.2) is 16.1 Å². The summed E-state index contributed by atoms with van der Waals surface area (Å²) >= 11 is 3.78. The first-order chi connectivity index (χ1) is 10.6. The van der Waals surface area contributed by atoms with Gasteiger partial charge in [-0.05, 0) is 58.0 Å². The minimum Gasteiger partial charge on any atom is -0.481 e. The van der Waals surface area contributed by atoms with E-state index in [9.17, 15) is 9.90 Å². The maximum absolute atomic E-state index is 11.2. The average Bonchev–Trinajstić information content (AvgIpc) is 2.92. The van der Waals surface area contributed by atoms with E-state index >= 15 is 0 Å². The van der Waals surface area contributed by atoms with Crippen molar-refractivity contribution >= 4 is 61.8 Å². The number of halogens is 1. The summed E-state index contributed by atoms with van der Waals surface area (Å²) in [4.78, 5) is 15.8. The maximum atomic E-state index is 11.2. The number of thiazole rings is 1. The topological polar surface area (TPSA) is 50.2 Å². The highest BCUT2D eigenvalue weighted by molar-refractivity contribution is 14.1. The molecule has 0 aliphatic carbocycles. The van der Waals surface area contributed by atoms with E-state index in [2.05, 4.69) is 27.6 Å². The zero-order valence-corrected chi connectivity index (χ0v) is 14.5. The molecule has 0 saturated carbocycles. The van der Waals surface area contributed by atoms with Crippen LogP contribution in [0.3, 0.4) is 0 Å². The second-order valence-electron chi connectivity index (χ2n) is 4.75. The second-order valence-corrected chi connectivity index (χ2v) is 6.94. The van der Waals surface area contributed by atoms with E-state index in [4.69, 9.17) is 0 Å². The summed E-state index contributed by atoms with van der Waals surface area (Å²) in [5.41, 5.74) is 2.65. The summed E-state index contributed by atoms with van der Waals surface area (Å²) in [7, 11) is 0. The number of hydrogen-bond donors (Lipinski definition) is 1. The number of nitrogens with zero attached hydrogens (tertiary/aromatic N) is 1. The van der Waals surface area contributed by atoms with Gasteiger partial charge in [0, 0.05) is 3.57 Å². The van der Waals surface area contributed by atoms with Crippen molar-refractivity contribution in [3.05, 3.63) is 62.7 Å². The maximum Gasteiger partial charge on any atom is 0.307 e. The molecule has 0 unspecified atom stereocenters. The Kier molecular flexibility index (Phi) is 4.54. The Balaban J connectivity index is 2.10. The fourth-order valence-corrected chi connectivity index (χ4v) is 3.66. The molecule has 0 spiro atoms. The first-order valence-corrected chi connectivity index (χ1v) is 8.56. The Morgan fingerprint density at radius 3 is 2.64 bits per heavy atom. The van der Waals surface area contributed by atoms with Gasteiger partial charge in [-0.2, -0.15) is 0 Å². The van der Waals surface area contributed by atoms with Crippen LogP contribution in [0.1, 0.15) is 17.0 Å². The van der Waals surface area contributed by atoms with Crippen LogP contribution in [0.15, 0.2) is 48.5 Å². The van der Waals surface area contributed by atoms with Gasteiger partial charge in [0.2, 0.25) is 0 Å². The lowest BCUT2D eigenvalue weighted by Gasteiger charge is -2.03. The molecule has 1 heterocycles. The number of para-hydroxylation sites is 1. The summed E-state index contributed by atoms with van der Waals surface area (Å²) in [5.74, 6) is -0.851. The number of carboxylic acids is 1. The van der Waals surface area contributed by atoms with Crippen molar-refractivity contribution in [2.24, 2.45) is 0 Å². The molecule has 0 bridgehead atoms. The van der Waals surface area contributed by atoms with Crippen molar-refractivity contribution in [2.45, 2.75) is 6.42 Å². The number of rotatable bonds is 4. The molecule has 5 heteroatoms. The monoisotopic (exact) mass is 421 g/mol. The lowest BCUT2D eigenvalue weighted by atomic mass is 10.1. The highest BCUT2D eigenvalue weighted by Crippen LogP contribution is 2.30.